The quantitative estimate of drug-likeness (QED) is 0.685. The summed E-state index contributed by atoms with van der Waals surface area (Å²) in [6, 6.07) is 0. The van der Waals surface area contributed by atoms with Crippen molar-refractivity contribution in [3.05, 3.63) is 27.9 Å². The Morgan fingerprint density at radius 2 is 2.00 bits per heavy atom. The lowest BCUT2D eigenvalue weighted by molar-refractivity contribution is 0.101. The molecule has 0 aromatic carbocycles. The number of Topliss-reactive ketones (excluding diaryl/α,β-unsaturated/α-hetero) is 1. The van der Waals surface area contributed by atoms with E-state index in [9.17, 15) is 9.59 Å². The van der Waals surface area contributed by atoms with E-state index in [2.05, 4.69) is 9.97 Å². The van der Waals surface area contributed by atoms with Crippen LogP contribution < -0.4 is 5.56 Å². The van der Waals surface area contributed by atoms with Crippen molar-refractivity contribution in [2.45, 2.75) is 33.1 Å². The van der Waals surface area contributed by atoms with E-state index >= 15 is 0 Å². The summed E-state index contributed by atoms with van der Waals surface area (Å²) in [5.41, 5.74) is -0.468. The van der Waals surface area contributed by atoms with Crippen LogP contribution in [-0.4, -0.2) is 15.8 Å². The van der Waals surface area contributed by atoms with Gasteiger partial charge in [0.2, 0.25) is 0 Å². The van der Waals surface area contributed by atoms with Gasteiger partial charge in [0.15, 0.2) is 5.78 Å². The maximum atomic E-state index is 11.4. The van der Waals surface area contributed by atoms with Crippen molar-refractivity contribution in [2.75, 3.05) is 0 Å². The lowest BCUT2D eigenvalue weighted by Crippen LogP contribution is -2.25. The lowest BCUT2D eigenvalue weighted by atomic mass is 9.95. The Balaban J connectivity index is 3.27. The molecule has 0 saturated carbocycles. The van der Waals surface area contributed by atoms with Gasteiger partial charge in [-0.05, 0) is 6.92 Å². The van der Waals surface area contributed by atoms with Gasteiger partial charge in [0, 0.05) is 11.6 Å². The van der Waals surface area contributed by atoms with Crippen LogP contribution in [0.5, 0.6) is 0 Å². The van der Waals surface area contributed by atoms with Gasteiger partial charge >= 0.3 is 0 Å². The Labute approximate surface area is 82.4 Å². The summed E-state index contributed by atoms with van der Waals surface area (Å²) in [7, 11) is 0. The van der Waals surface area contributed by atoms with Crippen molar-refractivity contribution in [1.82, 2.24) is 9.97 Å². The maximum Gasteiger partial charge on any atom is 0.261 e. The van der Waals surface area contributed by atoms with Gasteiger partial charge in [0.1, 0.15) is 11.4 Å². The number of ketones is 1. The molecule has 76 valence electrons. The molecule has 1 aromatic rings. The standard InChI is InChI=1S/C10H14N2O2/c1-6(13)7-5-11-9(10(2,3)4)12-8(7)14/h5H,1-4H3,(H,11,12,14). The summed E-state index contributed by atoms with van der Waals surface area (Å²) in [6.07, 6.45) is 1.34. The van der Waals surface area contributed by atoms with Crippen LogP contribution in [0.4, 0.5) is 0 Å². The molecule has 0 atom stereocenters. The molecular formula is C10H14N2O2. The molecule has 4 heteroatoms. The Morgan fingerprint density at radius 1 is 1.43 bits per heavy atom. The summed E-state index contributed by atoms with van der Waals surface area (Å²) >= 11 is 0. The second kappa shape index (κ2) is 3.36. The number of nitrogens with zero attached hydrogens (tertiary/aromatic N) is 1. The Morgan fingerprint density at radius 3 is 2.36 bits per heavy atom. The van der Waals surface area contributed by atoms with Crippen LogP contribution in [0, 0.1) is 0 Å². The van der Waals surface area contributed by atoms with Crippen molar-refractivity contribution < 1.29 is 4.79 Å². The third-order valence-corrected chi connectivity index (χ3v) is 1.89. The molecule has 14 heavy (non-hydrogen) atoms. The molecule has 1 rings (SSSR count). The fourth-order valence-electron chi connectivity index (χ4n) is 1.03. The zero-order valence-corrected chi connectivity index (χ0v) is 8.84. The molecule has 0 bridgehead atoms. The molecule has 0 radical (unpaired) electrons. The fourth-order valence-corrected chi connectivity index (χ4v) is 1.03. The number of hydrogen-bond acceptors (Lipinski definition) is 3. The van der Waals surface area contributed by atoms with Gasteiger partial charge in [-0.25, -0.2) is 4.98 Å². The molecule has 1 N–H and O–H groups in total. The number of rotatable bonds is 1. The molecule has 0 saturated heterocycles. The van der Waals surface area contributed by atoms with E-state index in [0.29, 0.717) is 5.82 Å². The van der Waals surface area contributed by atoms with Crippen LogP contribution in [-0.2, 0) is 5.41 Å². The number of aromatic nitrogens is 2. The first-order chi connectivity index (χ1) is 6.32. The number of H-pyrrole nitrogens is 1. The molecular weight excluding hydrogens is 180 g/mol. The molecule has 0 fully saturated rings. The van der Waals surface area contributed by atoms with E-state index in [-0.39, 0.29) is 22.3 Å². The molecule has 4 nitrogen and oxygen atoms in total. The molecule has 0 unspecified atom stereocenters. The molecule has 0 aliphatic carbocycles. The second-order valence-corrected chi connectivity index (χ2v) is 4.28. The Hall–Kier alpha value is -1.45. The van der Waals surface area contributed by atoms with Crippen molar-refractivity contribution in [3.63, 3.8) is 0 Å². The summed E-state index contributed by atoms with van der Waals surface area (Å²) < 4.78 is 0. The van der Waals surface area contributed by atoms with Gasteiger partial charge in [0.25, 0.3) is 5.56 Å². The predicted molar refractivity (Wildman–Crippen MR) is 53.6 cm³/mol. The van der Waals surface area contributed by atoms with Gasteiger partial charge < -0.3 is 4.98 Å². The molecule has 1 heterocycles. The lowest BCUT2D eigenvalue weighted by Gasteiger charge is -2.16. The van der Waals surface area contributed by atoms with Gasteiger partial charge in [-0.1, -0.05) is 20.8 Å². The van der Waals surface area contributed by atoms with Gasteiger partial charge in [-0.2, -0.15) is 0 Å². The summed E-state index contributed by atoms with van der Waals surface area (Å²) in [5, 5.41) is 0. The van der Waals surface area contributed by atoms with Crippen molar-refractivity contribution in [2.24, 2.45) is 0 Å². The zero-order chi connectivity index (χ0) is 10.9. The monoisotopic (exact) mass is 194 g/mol. The molecule has 0 amide bonds. The SMILES string of the molecule is CC(=O)c1cnc(C(C)(C)C)[nH]c1=O. The highest BCUT2D eigenvalue weighted by atomic mass is 16.1. The van der Waals surface area contributed by atoms with Crippen molar-refractivity contribution in [3.8, 4) is 0 Å². The smallest absolute Gasteiger partial charge is 0.261 e. The van der Waals surface area contributed by atoms with Gasteiger partial charge in [-0.15, -0.1) is 0 Å². The van der Waals surface area contributed by atoms with Crippen LogP contribution in [0.15, 0.2) is 11.0 Å². The van der Waals surface area contributed by atoms with E-state index in [4.69, 9.17) is 0 Å². The van der Waals surface area contributed by atoms with E-state index in [1.807, 2.05) is 20.8 Å². The van der Waals surface area contributed by atoms with E-state index in [1.54, 1.807) is 0 Å². The minimum Gasteiger partial charge on any atom is -0.309 e. The van der Waals surface area contributed by atoms with E-state index in [0.717, 1.165) is 0 Å². The molecule has 0 aliphatic rings. The van der Waals surface area contributed by atoms with Crippen molar-refractivity contribution >= 4 is 5.78 Å². The Kier molecular flexibility index (Phi) is 2.55. The number of hydrogen-bond donors (Lipinski definition) is 1. The summed E-state index contributed by atoms with van der Waals surface area (Å²) in [5.74, 6) is 0.326. The zero-order valence-electron chi connectivity index (χ0n) is 8.84. The van der Waals surface area contributed by atoms with E-state index < -0.39 is 0 Å². The predicted octanol–water partition coefficient (Wildman–Crippen LogP) is 1.27. The molecule has 1 aromatic heterocycles. The van der Waals surface area contributed by atoms with Crippen LogP contribution in [0.1, 0.15) is 43.9 Å². The first-order valence-corrected chi connectivity index (χ1v) is 4.43. The number of carbonyl (C=O) groups is 1. The first-order valence-electron chi connectivity index (χ1n) is 4.43. The average Bonchev–Trinajstić information content (AvgIpc) is 2.01. The number of nitrogens with one attached hydrogen (secondary N) is 1. The highest BCUT2D eigenvalue weighted by Crippen LogP contribution is 2.15. The van der Waals surface area contributed by atoms with Crippen molar-refractivity contribution in [1.29, 1.82) is 0 Å². The summed E-state index contributed by atoms with van der Waals surface area (Å²) in [4.78, 5) is 29.0. The number of aromatic amines is 1. The largest absolute Gasteiger partial charge is 0.309 e. The average molecular weight is 194 g/mol. The topological polar surface area (TPSA) is 62.8 Å². The number of carbonyl (C=O) groups excluding carboxylic acids is 1. The van der Waals surface area contributed by atoms with Crippen LogP contribution in [0.2, 0.25) is 0 Å². The third-order valence-electron chi connectivity index (χ3n) is 1.89. The fraction of sp³-hybridized carbons (Fsp3) is 0.500. The third kappa shape index (κ3) is 2.07. The minimum atomic E-state index is -0.363. The summed E-state index contributed by atoms with van der Waals surface area (Å²) in [6.45, 7) is 7.18. The molecule has 0 spiro atoms. The Bertz CT molecular complexity index is 413. The minimum absolute atomic E-state index is 0.109. The first kappa shape index (κ1) is 10.6. The van der Waals surface area contributed by atoms with E-state index in [1.165, 1.54) is 13.1 Å². The van der Waals surface area contributed by atoms with Crippen LogP contribution >= 0.6 is 0 Å². The highest BCUT2D eigenvalue weighted by Gasteiger charge is 2.17. The van der Waals surface area contributed by atoms with Gasteiger partial charge in [0.05, 0.1) is 0 Å². The highest BCUT2D eigenvalue weighted by molar-refractivity contribution is 5.93. The second-order valence-electron chi connectivity index (χ2n) is 4.28. The van der Waals surface area contributed by atoms with Crippen LogP contribution in [0.25, 0.3) is 0 Å². The normalized spacial score (nSPS) is 11.4. The van der Waals surface area contributed by atoms with Crippen LogP contribution in [0.3, 0.4) is 0 Å². The maximum absolute atomic E-state index is 11.4. The van der Waals surface area contributed by atoms with Gasteiger partial charge in [-0.3, -0.25) is 9.59 Å². The molecule has 0 aliphatic heterocycles.